The van der Waals surface area contributed by atoms with Crippen molar-refractivity contribution in [1.82, 2.24) is 19.7 Å². The van der Waals surface area contributed by atoms with Gasteiger partial charge in [-0.05, 0) is 29.8 Å². The van der Waals surface area contributed by atoms with Gasteiger partial charge in [0.15, 0.2) is 11.0 Å². The molecule has 0 fully saturated rings. The second-order valence-corrected chi connectivity index (χ2v) is 7.43. The minimum absolute atomic E-state index is 0.234. The molecule has 25 heavy (non-hydrogen) atoms. The van der Waals surface area contributed by atoms with Gasteiger partial charge in [-0.25, -0.2) is 9.37 Å². The SMILES string of the molecule is Cn1c(SCc2cccc(F)c2)nnc1-c1sc2ncccc2c1N. The molecule has 5 nitrogen and oxygen atoms in total. The summed E-state index contributed by atoms with van der Waals surface area (Å²) in [6.07, 6.45) is 1.75. The van der Waals surface area contributed by atoms with E-state index >= 15 is 0 Å². The molecule has 0 unspecified atom stereocenters. The molecule has 4 aromatic rings. The third-order valence-corrected chi connectivity index (χ3v) is 6.02. The molecule has 1 aromatic carbocycles. The van der Waals surface area contributed by atoms with Crippen LogP contribution in [0.25, 0.3) is 20.9 Å². The lowest BCUT2D eigenvalue weighted by Crippen LogP contribution is -1.96. The number of thiophene rings is 1. The lowest BCUT2D eigenvalue weighted by atomic mass is 10.2. The van der Waals surface area contributed by atoms with E-state index in [1.165, 1.54) is 35.2 Å². The van der Waals surface area contributed by atoms with E-state index in [1.807, 2.05) is 29.8 Å². The Morgan fingerprint density at radius 2 is 2.12 bits per heavy atom. The van der Waals surface area contributed by atoms with Crippen LogP contribution < -0.4 is 5.73 Å². The summed E-state index contributed by atoms with van der Waals surface area (Å²) in [5.74, 6) is 1.09. The molecule has 0 aliphatic carbocycles. The highest BCUT2D eigenvalue weighted by molar-refractivity contribution is 7.98. The molecule has 0 radical (unpaired) electrons. The van der Waals surface area contributed by atoms with Gasteiger partial charge in [-0.2, -0.15) is 0 Å². The van der Waals surface area contributed by atoms with E-state index in [9.17, 15) is 4.39 Å². The third-order valence-electron chi connectivity index (χ3n) is 3.80. The first kappa shape index (κ1) is 16.0. The number of nitrogens with two attached hydrogens (primary N) is 1. The van der Waals surface area contributed by atoms with Crippen molar-refractivity contribution in [3.8, 4) is 10.7 Å². The molecule has 0 amide bonds. The molecule has 3 aromatic heterocycles. The normalized spacial score (nSPS) is 11.3. The monoisotopic (exact) mass is 371 g/mol. The Morgan fingerprint density at radius 3 is 2.92 bits per heavy atom. The van der Waals surface area contributed by atoms with E-state index in [4.69, 9.17) is 5.73 Å². The number of nitrogen functional groups attached to an aromatic ring is 1. The Labute approximate surface area is 151 Å². The molecule has 0 saturated carbocycles. The zero-order valence-electron chi connectivity index (χ0n) is 13.3. The smallest absolute Gasteiger partial charge is 0.191 e. The van der Waals surface area contributed by atoms with Crippen molar-refractivity contribution >= 4 is 39.0 Å². The van der Waals surface area contributed by atoms with Gasteiger partial charge in [0.05, 0.1) is 10.6 Å². The predicted octanol–water partition coefficient (Wildman–Crippen LogP) is 4.11. The van der Waals surface area contributed by atoms with E-state index in [0.29, 0.717) is 17.3 Å². The fourth-order valence-electron chi connectivity index (χ4n) is 2.53. The summed E-state index contributed by atoms with van der Waals surface area (Å²) in [7, 11) is 1.90. The number of fused-ring (bicyclic) bond motifs is 1. The Kier molecular flexibility index (Phi) is 4.14. The van der Waals surface area contributed by atoms with Gasteiger partial charge < -0.3 is 10.3 Å². The summed E-state index contributed by atoms with van der Waals surface area (Å²) < 4.78 is 15.2. The largest absolute Gasteiger partial charge is 0.397 e. The van der Waals surface area contributed by atoms with Gasteiger partial charge in [-0.15, -0.1) is 21.5 Å². The summed E-state index contributed by atoms with van der Waals surface area (Å²) in [6.45, 7) is 0. The summed E-state index contributed by atoms with van der Waals surface area (Å²) in [5.41, 5.74) is 7.85. The number of halogens is 1. The van der Waals surface area contributed by atoms with Crippen LogP contribution >= 0.6 is 23.1 Å². The minimum Gasteiger partial charge on any atom is -0.397 e. The van der Waals surface area contributed by atoms with Crippen molar-refractivity contribution in [2.75, 3.05) is 5.73 Å². The maximum absolute atomic E-state index is 13.3. The van der Waals surface area contributed by atoms with Gasteiger partial charge in [0, 0.05) is 24.4 Å². The van der Waals surface area contributed by atoms with Crippen molar-refractivity contribution < 1.29 is 4.39 Å². The second kappa shape index (κ2) is 6.45. The molecule has 3 heterocycles. The van der Waals surface area contributed by atoms with E-state index in [-0.39, 0.29) is 5.82 Å². The number of rotatable bonds is 4. The summed E-state index contributed by atoms with van der Waals surface area (Å²) in [6, 6.07) is 10.4. The van der Waals surface area contributed by atoms with Crippen LogP contribution in [0.15, 0.2) is 47.8 Å². The molecular weight excluding hydrogens is 357 g/mol. The number of benzene rings is 1. The Morgan fingerprint density at radius 1 is 1.24 bits per heavy atom. The number of pyridine rings is 1. The van der Waals surface area contributed by atoms with Crippen molar-refractivity contribution in [3.05, 3.63) is 54.0 Å². The molecule has 8 heteroatoms. The van der Waals surface area contributed by atoms with Crippen LogP contribution in [0.1, 0.15) is 5.56 Å². The van der Waals surface area contributed by atoms with Crippen LogP contribution in [-0.4, -0.2) is 19.7 Å². The van der Waals surface area contributed by atoms with Crippen molar-refractivity contribution in [1.29, 1.82) is 0 Å². The first-order chi connectivity index (χ1) is 12.1. The van der Waals surface area contributed by atoms with Crippen LogP contribution in [0.4, 0.5) is 10.1 Å². The number of nitrogens with zero attached hydrogens (tertiary/aromatic N) is 4. The van der Waals surface area contributed by atoms with E-state index in [0.717, 1.165) is 25.8 Å². The Bertz CT molecular complexity index is 1060. The molecule has 2 N–H and O–H groups in total. The number of hydrogen-bond acceptors (Lipinski definition) is 6. The lowest BCUT2D eigenvalue weighted by molar-refractivity contribution is 0.626. The first-order valence-corrected chi connectivity index (χ1v) is 9.33. The van der Waals surface area contributed by atoms with Gasteiger partial charge >= 0.3 is 0 Å². The average molecular weight is 371 g/mol. The van der Waals surface area contributed by atoms with Crippen LogP contribution in [0.2, 0.25) is 0 Å². The van der Waals surface area contributed by atoms with E-state index in [2.05, 4.69) is 15.2 Å². The zero-order chi connectivity index (χ0) is 17.4. The Hall–Kier alpha value is -2.45. The van der Waals surface area contributed by atoms with E-state index in [1.54, 1.807) is 12.3 Å². The second-order valence-electron chi connectivity index (χ2n) is 5.48. The average Bonchev–Trinajstić information content (AvgIpc) is 3.14. The third kappa shape index (κ3) is 2.98. The Balaban J connectivity index is 1.63. The molecule has 0 aliphatic rings. The van der Waals surface area contributed by atoms with Crippen LogP contribution in [0.3, 0.4) is 0 Å². The maximum atomic E-state index is 13.3. The fourth-order valence-corrected chi connectivity index (χ4v) is 4.47. The minimum atomic E-state index is -0.234. The van der Waals surface area contributed by atoms with Gasteiger partial charge in [0.1, 0.15) is 10.6 Å². The number of hydrogen-bond donors (Lipinski definition) is 1. The number of aromatic nitrogens is 4. The lowest BCUT2D eigenvalue weighted by Gasteiger charge is -2.04. The molecule has 0 saturated heterocycles. The maximum Gasteiger partial charge on any atom is 0.191 e. The van der Waals surface area contributed by atoms with Crippen molar-refractivity contribution in [2.45, 2.75) is 10.9 Å². The van der Waals surface area contributed by atoms with Gasteiger partial charge in [0.2, 0.25) is 0 Å². The van der Waals surface area contributed by atoms with Gasteiger partial charge in [-0.1, -0.05) is 23.9 Å². The van der Waals surface area contributed by atoms with E-state index < -0.39 is 0 Å². The molecule has 0 bridgehead atoms. The van der Waals surface area contributed by atoms with Gasteiger partial charge in [0.25, 0.3) is 0 Å². The molecular formula is C17H14FN5S2. The summed E-state index contributed by atoms with van der Waals surface area (Å²) in [5, 5.41) is 10.2. The highest BCUT2D eigenvalue weighted by Gasteiger charge is 2.18. The molecule has 0 spiro atoms. The fraction of sp³-hybridized carbons (Fsp3) is 0.118. The zero-order valence-corrected chi connectivity index (χ0v) is 14.9. The summed E-state index contributed by atoms with van der Waals surface area (Å²) >= 11 is 3.01. The van der Waals surface area contributed by atoms with Crippen molar-refractivity contribution in [3.63, 3.8) is 0 Å². The quantitative estimate of drug-likeness (QED) is 0.547. The van der Waals surface area contributed by atoms with Gasteiger partial charge in [-0.3, -0.25) is 0 Å². The predicted molar refractivity (Wildman–Crippen MR) is 100.0 cm³/mol. The van der Waals surface area contributed by atoms with Crippen LogP contribution in [-0.2, 0) is 12.8 Å². The topological polar surface area (TPSA) is 69.6 Å². The van der Waals surface area contributed by atoms with Crippen LogP contribution in [0.5, 0.6) is 0 Å². The first-order valence-electron chi connectivity index (χ1n) is 7.53. The number of thioether (sulfide) groups is 1. The van der Waals surface area contributed by atoms with Crippen molar-refractivity contribution in [2.24, 2.45) is 7.05 Å². The molecule has 4 rings (SSSR count). The summed E-state index contributed by atoms with van der Waals surface area (Å²) in [4.78, 5) is 6.09. The molecule has 0 aliphatic heterocycles. The highest BCUT2D eigenvalue weighted by Crippen LogP contribution is 2.39. The van der Waals surface area contributed by atoms with Crippen LogP contribution in [0, 0.1) is 5.82 Å². The number of anilines is 1. The molecule has 126 valence electrons. The molecule has 0 atom stereocenters. The highest BCUT2D eigenvalue weighted by atomic mass is 32.2. The standard InChI is InChI=1S/C17H14FN5S2/c1-23-15(14-13(19)12-6-3-7-20-16(12)25-14)21-22-17(23)24-9-10-4-2-5-11(18)8-10/h2-8H,9,19H2,1H3.